The van der Waals surface area contributed by atoms with Gasteiger partial charge in [0.1, 0.15) is 23.1 Å². The molecular formula is C25H21FN2O4. The molecule has 1 aliphatic rings. The van der Waals surface area contributed by atoms with Crippen LogP contribution in [0.15, 0.2) is 78.5 Å². The quantitative estimate of drug-likeness (QED) is 0.349. The fourth-order valence-corrected chi connectivity index (χ4v) is 3.61. The lowest BCUT2D eigenvalue weighted by molar-refractivity contribution is -0.132. The molecule has 7 heteroatoms. The molecule has 0 saturated carbocycles. The molecule has 1 aromatic heterocycles. The second-order valence-electron chi connectivity index (χ2n) is 7.28. The molecule has 4 rings (SSSR count). The number of benzene rings is 2. The van der Waals surface area contributed by atoms with Crippen molar-refractivity contribution >= 4 is 23.3 Å². The topological polar surface area (TPSA) is 79.7 Å². The van der Waals surface area contributed by atoms with Gasteiger partial charge in [0.15, 0.2) is 0 Å². The number of carbonyl (C=O) groups excluding carboxylic acids is 2. The van der Waals surface area contributed by atoms with Crippen LogP contribution >= 0.6 is 0 Å². The van der Waals surface area contributed by atoms with Gasteiger partial charge in [0.05, 0.1) is 18.2 Å². The van der Waals surface area contributed by atoms with Gasteiger partial charge >= 0.3 is 5.91 Å². The van der Waals surface area contributed by atoms with Gasteiger partial charge in [-0.2, -0.15) is 0 Å². The second-order valence-corrected chi connectivity index (χ2v) is 7.28. The number of Topliss-reactive ketones (excluding diaryl/α,β-unsaturated/α-hetero) is 1. The molecule has 2 aromatic carbocycles. The predicted molar refractivity (Wildman–Crippen MR) is 118 cm³/mol. The highest BCUT2D eigenvalue weighted by Crippen LogP contribution is 2.41. The average Bonchev–Trinajstić information content (AvgIpc) is 3.09. The van der Waals surface area contributed by atoms with E-state index in [0.29, 0.717) is 23.5 Å². The van der Waals surface area contributed by atoms with Crippen LogP contribution in [0.1, 0.15) is 30.5 Å². The number of halogens is 1. The van der Waals surface area contributed by atoms with E-state index < -0.39 is 23.5 Å². The fraction of sp³-hybridized carbons (Fsp3) is 0.160. The number of carbonyl (C=O) groups is 2. The van der Waals surface area contributed by atoms with Crippen LogP contribution in [0.4, 0.5) is 10.2 Å². The van der Waals surface area contributed by atoms with E-state index in [9.17, 15) is 19.1 Å². The van der Waals surface area contributed by atoms with Gasteiger partial charge in [0.25, 0.3) is 5.78 Å². The molecule has 0 spiro atoms. The van der Waals surface area contributed by atoms with Crippen LogP contribution in [0.25, 0.3) is 5.76 Å². The lowest BCUT2D eigenvalue weighted by Crippen LogP contribution is -2.30. The molecule has 1 aliphatic heterocycles. The van der Waals surface area contributed by atoms with Gasteiger partial charge in [0, 0.05) is 11.8 Å². The molecule has 1 N–H and O–H groups in total. The Morgan fingerprint density at radius 3 is 2.41 bits per heavy atom. The molecule has 1 amide bonds. The van der Waals surface area contributed by atoms with E-state index >= 15 is 0 Å². The first kappa shape index (κ1) is 21.2. The first-order valence-electron chi connectivity index (χ1n) is 10.2. The smallest absolute Gasteiger partial charge is 0.301 e. The van der Waals surface area contributed by atoms with E-state index in [0.717, 1.165) is 6.42 Å². The molecule has 0 radical (unpaired) electrons. The summed E-state index contributed by atoms with van der Waals surface area (Å²) in [5.41, 5.74) is 0.746. The van der Waals surface area contributed by atoms with Crippen molar-refractivity contribution in [2.45, 2.75) is 19.4 Å². The third-order valence-electron chi connectivity index (χ3n) is 5.13. The number of ketones is 1. The Labute approximate surface area is 184 Å². The number of anilines is 1. The lowest BCUT2D eigenvalue weighted by atomic mass is 9.95. The summed E-state index contributed by atoms with van der Waals surface area (Å²) in [7, 11) is 0. The largest absolute Gasteiger partial charge is 0.507 e. The van der Waals surface area contributed by atoms with E-state index in [1.165, 1.54) is 35.4 Å². The maximum Gasteiger partial charge on any atom is 0.301 e. The van der Waals surface area contributed by atoms with Crippen molar-refractivity contribution in [1.82, 2.24) is 4.98 Å². The molecule has 0 aliphatic carbocycles. The summed E-state index contributed by atoms with van der Waals surface area (Å²) in [6.45, 7) is 2.56. The first-order chi connectivity index (χ1) is 15.5. The Morgan fingerprint density at radius 2 is 1.78 bits per heavy atom. The summed E-state index contributed by atoms with van der Waals surface area (Å²) in [5, 5.41) is 11.1. The van der Waals surface area contributed by atoms with E-state index in [2.05, 4.69) is 4.98 Å². The molecule has 1 saturated heterocycles. The normalized spacial score (nSPS) is 17.6. The Kier molecular flexibility index (Phi) is 5.98. The number of rotatable bonds is 6. The van der Waals surface area contributed by atoms with Gasteiger partial charge in [-0.1, -0.05) is 25.1 Å². The fourth-order valence-electron chi connectivity index (χ4n) is 3.61. The SMILES string of the molecule is CCCOc1ccc(C(O)=C2C(=O)C(=O)N(c3ccccn3)C2c2ccc(F)cc2)cc1. The van der Waals surface area contributed by atoms with Crippen LogP contribution in [0.2, 0.25) is 0 Å². The maximum atomic E-state index is 13.6. The minimum atomic E-state index is -0.957. The number of hydrogen-bond acceptors (Lipinski definition) is 5. The number of aromatic nitrogens is 1. The molecule has 2 heterocycles. The summed E-state index contributed by atoms with van der Waals surface area (Å²) >= 11 is 0. The van der Waals surface area contributed by atoms with Gasteiger partial charge in [-0.15, -0.1) is 0 Å². The third kappa shape index (κ3) is 3.97. The van der Waals surface area contributed by atoms with E-state index in [1.54, 1.807) is 42.5 Å². The summed E-state index contributed by atoms with van der Waals surface area (Å²) in [4.78, 5) is 31.4. The van der Waals surface area contributed by atoms with Crippen molar-refractivity contribution in [3.8, 4) is 5.75 Å². The molecule has 6 nitrogen and oxygen atoms in total. The van der Waals surface area contributed by atoms with Crippen molar-refractivity contribution in [2.75, 3.05) is 11.5 Å². The number of aliphatic hydroxyl groups is 1. The molecule has 3 aromatic rings. The molecule has 1 unspecified atom stereocenters. The van der Waals surface area contributed by atoms with Gasteiger partial charge in [-0.05, 0) is 60.5 Å². The zero-order valence-corrected chi connectivity index (χ0v) is 17.4. The first-order valence-corrected chi connectivity index (χ1v) is 10.2. The van der Waals surface area contributed by atoms with E-state index in [-0.39, 0.29) is 17.2 Å². The highest BCUT2D eigenvalue weighted by atomic mass is 19.1. The van der Waals surface area contributed by atoms with Crippen LogP contribution < -0.4 is 9.64 Å². The number of nitrogens with zero attached hydrogens (tertiary/aromatic N) is 2. The number of aliphatic hydroxyl groups excluding tert-OH is 1. The highest BCUT2D eigenvalue weighted by Gasteiger charge is 2.47. The van der Waals surface area contributed by atoms with Crippen molar-refractivity contribution in [2.24, 2.45) is 0 Å². The van der Waals surface area contributed by atoms with Gasteiger partial charge in [0.2, 0.25) is 0 Å². The molecule has 32 heavy (non-hydrogen) atoms. The van der Waals surface area contributed by atoms with Crippen LogP contribution in [0.5, 0.6) is 5.75 Å². The van der Waals surface area contributed by atoms with Crippen molar-refractivity contribution in [1.29, 1.82) is 0 Å². The van der Waals surface area contributed by atoms with Crippen LogP contribution in [0.3, 0.4) is 0 Å². The van der Waals surface area contributed by atoms with E-state index in [1.807, 2.05) is 6.92 Å². The Balaban J connectivity index is 1.83. The van der Waals surface area contributed by atoms with Gasteiger partial charge in [-0.3, -0.25) is 14.5 Å². The van der Waals surface area contributed by atoms with Crippen molar-refractivity contribution in [3.05, 3.63) is 95.4 Å². The van der Waals surface area contributed by atoms with Crippen LogP contribution in [-0.2, 0) is 9.59 Å². The number of amides is 1. The molecule has 1 atom stereocenters. The minimum Gasteiger partial charge on any atom is -0.507 e. The Morgan fingerprint density at radius 1 is 1.06 bits per heavy atom. The summed E-state index contributed by atoms with van der Waals surface area (Å²) in [6, 6.07) is 16.1. The lowest BCUT2D eigenvalue weighted by Gasteiger charge is -2.24. The van der Waals surface area contributed by atoms with E-state index in [4.69, 9.17) is 4.74 Å². The Bertz CT molecular complexity index is 1160. The minimum absolute atomic E-state index is 0.0884. The summed E-state index contributed by atoms with van der Waals surface area (Å²) in [5.74, 6) is -1.54. The maximum absolute atomic E-state index is 13.6. The standard InChI is InChI=1S/C25H21FN2O4/c1-2-15-32-19-12-8-17(9-13-19)23(29)21-22(16-6-10-18(26)11-7-16)28(25(31)24(21)30)20-5-3-4-14-27-20/h3-14,22,29H,2,15H2,1H3. The van der Waals surface area contributed by atoms with Gasteiger partial charge in [-0.25, -0.2) is 9.37 Å². The van der Waals surface area contributed by atoms with Gasteiger partial charge < -0.3 is 9.84 Å². The highest BCUT2D eigenvalue weighted by molar-refractivity contribution is 6.51. The van der Waals surface area contributed by atoms with Crippen molar-refractivity contribution in [3.63, 3.8) is 0 Å². The monoisotopic (exact) mass is 432 g/mol. The zero-order chi connectivity index (χ0) is 22.7. The van der Waals surface area contributed by atoms with Crippen LogP contribution in [0, 0.1) is 5.82 Å². The predicted octanol–water partition coefficient (Wildman–Crippen LogP) is 4.64. The number of pyridine rings is 1. The molecule has 1 fully saturated rings. The molecule has 0 bridgehead atoms. The summed E-state index contributed by atoms with van der Waals surface area (Å²) in [6.07, 6.45) is 2.36. The zero-order valence-electron chi connectivity index (χ0n) is 17.4. The molecular weight excluding hydrogens is 411 g/mol. The number of ether oxygens (including phenoxy) is 1. The average molecular weight is 432 g/mol. The Hall–Kier alpha value is -4.00. The third-order valence-corrected chi connectivity index (χ3v) is 5.13. The number of hydrogen-bond donors (Lipinski definition) is 1. The summed E-state index contributed by atoms with van der Waals surface area (Å²) < 4.78 is 19.1. The second kappa shape index (κ2) is 9.01. The molecule has 162 valence electrons. The van der Waals surface area contributed by atoms with Crippen LogP contribution in [-0.4, -0.2) is 28.4 Å². The van der Waals surface area contributed by atoms with Crippen molar-refractivity contribution < 1.29 is 23.8 Å².